The summed E-state index contributed by atoms with van der Waals surface area (Å²) in [6.45, 7) is 1.06. The monoisotopic (exact) mass is 403 g/mol. The molecule has 1 aliphatic heterocycles. The molecular weight excluding hydrogens is 381 g/mol. The Hall–Kier alpha value is -3.10. The maximum atomic E-state index is 15.2. The number of benzene rings is 1. The Bertz CT molecular complexity index is 1060. The molecule has 8 nitrogen and oxygen atoms in total. The molecule has 0 bridgehead atoms. The first-order valence-electron chi connectivity index (χ1n) is 9.48. The second-order valence-corrected chi connectivity index (χ2v) is 7.28. The minimum Gasteiger partial charge on any atom is -0.492 e. The SMILES string of the molecule is CON=C1CCN(c2c(F)cc3c(=O)c(C(=O)O)cn(C4CC4)c3c2OC)CC1. The Labute approximate surface area is 166 Å². The zero-order chi connectivity index (χ0) is 20.7. The molecule has 4 rings (SSSR count). The Balaban J connectivity index is 1.91. The van der Waals surface area contributed by atoms with Gasteiger partial charge in [0.25, 0.3) is 0 Å². The third-order valence-electron chi connectivity index (χ3n) is 5.45. The summed E-state index contributed by atoms with van der Waals surface area (Å²) in [7, 11) is 2.93. The maximum absolute atomic E-state index is 15.2. The van der Waals surface area contributed by atoms with Crippen molar-refractivity contribution in [3.63, 3.8) is 0 Å². The summed E-state index contributed by atoms with van der Waals surface area (Å²) in [5, 5.41) is 13.4. The van der Waals surface area contributed by atoms with Gasteiger partial charge in [-0.3, -0.25) is 4.79 Å². The van der Waals surface area contributed by atoms with Crippen molar-refractivity contribution in [2.24, 2.45) is 5.16 Å². The predicted molar refractivity (Wildman–Crippen MR) is 106 cm³/mol. The highest BCUT2D eigenvalue weighted by Gasteiger charge is 2.31. The smallest absolute Gasteiger partial charge is 0.341 e. The Morgan fingerprint density at radius 3 is 2.52 bits per heavy atom. The number of pyridine rings is 1. The van der Waals surface area contributed by atoms with Gasteiger partial charge in [0.2, 0.25) is 5.43 Å². The lowest BCUT2D eigenvalue weighted by Gasteiger charge is -2.31. The lowest BCUT2D eigenvalue weighted by molar-refractivity contribution is 0.0695. The minimum atomic E-state index is -1.32. The molecule has 1 aliphatic carbocycles. The molecule has 0 spiro atoms. The molecular formula is C20H22FN3O5. The molecule has 0 radical (unpaired) electrons. The fourth-order valence-electron chi connectivity index (χ4n) is 3.93. The fourth-order valence-corrected chi connectivity index (χ4v) is 3.93. The second kappa shape index (κ2) is 7.38. The van der Waals surface area contributed by atoms with E-state index in [9.17, 15) is 14.7 Å². The topological polar surface area (TPSA) is 93.4 Å². The summed E-state index contributed by atoms with van der Waals surface area (Å²) in [5.74, 6) is -1.67. The van der Waals surface area contributed by atoms with E-state index in [4.69, 9.17) is 9.57 Å². The zero-order valence-electron chi connectivity index (χ0n) is 16.3. The maximum Gasteiger partial charge on any atom is 0.341 e. The number of oxime groups is 1. The number of rotatable bonds is 5. The molecule has 1 N–H and O–H groups in total. The van der Waals surface area contributed by atoms with E-state index in [1.54, 1.807) is 4.57 Å². The molecule has 1 saturated heterocycles. The molecule has 2 heterocycles. The Morgan fingerprint density at radius 2 is 1.97 bits per heavy atom. The third-order valence-corrected chi connectivity index (χ3v) is 5.45. The van der Waals surface area contributed by atoms with E-state index < -0.39 is 17.2 Å². The molecule has 2 aromatic rings. The number of carboxylic acids is 1. The van der Waals surface area contributed by atoms with Crippen LogP contribution in [0.3, 0.4) is 0 Å². The van der Waals surface area contributed by atoms with Crippen molar-refractivity contribution < 1.29 is 23.9 Å². The van der Waals surface area contributed by atoms with Crippen molar-refractivity contribution in [3.8, 4) is 5.75 Å². The van der Waals surface area contributed by atoms with Gasteiger partial charge in [0.05, 0.1) is 23.7 Å². The van der Waals surface area contributed by atoms with Crippen molar-refractivity contribution in [3.05, 3.63) is 33.9 Å². The van der Waals surface area contributed by atoms with Crippen LogP contribution in [0.5, 0.6) is 5.75 Å². The lowest BCUT2D eigenvalue weighted by atomic mass is 10.0. The van der Waals surface area contributed by atoms with Crippen LogP contribution in [0.4, 0.5) is 10.1 Å². The number of fused-ring (bicyclic) bond motifs is 1. The molecule has 2 fully saturated rings. The number of carboxylic acid groups (broad SMARTS) is 1. The van der Waals surface area contributed by atoms with Gasteiger partial charge in [-0.15, -0.1) is 0 Å². The van der Waals surface area contributed by atoms with E-state index in [-0.39, 0.29) is 28.4 Å². The van der Waals surface area contributed by atoms with Crippen molar-refractivity contribution in [2.75, 3.05) is 32.2 Å². The molecule has 154 valence electrons. The summed E-state index contributed by atoms with van der Waals surface area (Å²) < 4.78 is 22.5. The number of aromatic nitrogens is 1. The van der Waals surface area contributed by atoms with Gasteiger partial charge in [-0.1, -0.05) is 5.16 Å². The molecule has 29 heavy (non-hydrogen) atoms. The second-order valence-electron chi connectivity index (χ2n) is 7.28. The first-order chi connectivity index (χ1) is 14.0. The number of carbonyl (C=O) groups is 1. The average molecular weight is 403 g/mol. The summed E-state index contributed by atoms with van der Waals surface area (Å²) >= 11 is 0. The van der Waals surface area contributed by atoms with Gasteiger partial charge in [0, 0.05) is 38.2 Å². The third kappa shape index (κ3) is 3.30. The molecule has 1 aromatic carbocycles. The molecule has 9 heteroatoms. The quantitative estimate of drug-likeness (QED) is 0.772. The van der Waals surface area contributed by atoms with Gasteiger partial charge >= 0.3 is 5.97 Å². The van der Waals surface area contributed by atoms with Gasteiger partial charge in [-0.05, 0) is 18.9 Å². The lowest BCUT2D eigenvalue weighted by Crippen LogP contribution is -2.35. The first kappa shape index (κ1) is 19.2. The standard InChI is InChI=1S/C20H22FN3O5/c1-28-19-16-13(18(25)14(20(26)27)10-24(16)12-3-4-12)9-15(21)17(19)23-7-5-11(6-8-23)22-29-2/h9-10,12H,3-8H2,1-2H3,(H,26,27). The van der Waals surface area contributed by atoms with Gasteiger partial charge in [0.15, 0.2) is 11.6 Å². The van der Waals surface area contributed by atoms with Gasteiger partial charge in [-0.25, -0.2) is 9.18 Å². The average Bonchev–Trinajstić information content (AvgIpc) is 3.54. The van der Waals surface area contributed by atoms with Crippen LogP contribution in [-0.4, -0.2) is 48.7 Å². The van der Waals surface area contributed by atoms with E-state index in [2.05, 4.69) is 5.16 Å². The van der Waals surface area contributed by atoms with Crippen molar-refractivity contribution in [2.45, 2.75) is 31.7 Å². The van der Waals surface area contributed by atoms with Gasteiger partial charge in [-0.2, -0.15) is 0 Å². The normalized spacial score (nSPS) is 16.8. The van der Waals surface area contributed by atoms with E-state index in [1.165, 1.54) is 20.4 Å². The van der Waals surface area contributed by atoms with Crippen LogP contribution in [0.25, 0.3) is 10.9 Å². The van der Waals surface area contributed by atoms with Crippen molar-refractivity contribution in [1.29, 1.82) is 0 Å². The van der Waals surface area contributed by atoms with Crippen LogP contribution in [0.15, 0.2) is 22.2 Å². The fraction of sp³-hybridized carbons (Fsp3) is 0.450. The summed E-state index contributed by atoms with van der Waals surface area (Å²) in [5.41, 5.74) is 0.564. The first-order valence-corrected chi connectivity index (χ1v) is 9.48. The Morgan fingerprint density at radius 1 is 1.28 bits per heavy atom. The summed E-state index contributed by atoms with van der Waals surface area (Å²) in [4.78, 5) is 31.0. The van der Waals surface area contributed by atoms with E-state index in [0.29, 0.717) is 31.4 Å². The number of hydrogen-bond donors (Lipinski definition) is 1. The van der Waals surface area contributed by atoms with Crippen LogP contribution in [0, 0.1) is 5.82 Å². The van der Waals surface area contributed by atoms with E-state index in [1.807, 2.05) is 4.90 Å². The molecule has 0 unspecified atom stereocenters. The molecule has 0 amide bonds. The highest BCUT2D eigenvalue weighted by atomic mass is 19.1. The number of anilines is 1. The van der Waals surface area contributed by atoms with E-state index in [0.717, 1.165) is 24.6 Å². The molecule has 1 saturated carbocycles. The van der Waals surface area contributed by atoms with Gasteiger partial charge < -0.3 is 24.1 Å². The van der Waals surface area contributed by atoms with Crippen LogP contribution in [0.1, 0.15) is 42.1 Å². The highest BCUT2D eigenvalue weighted by molar-refractivity contribution is 5.97. The van der Waals surface area contributed by atoms with Crippen molar-refractivity contribution in [1.82, 2.24) is 4.57 Å². The number of hydrogen-bond acceptors (Lipinski definition) is 6. The van der Waals surface area contributed by atoms with Crippen LogP contribution >= 0.6 is 0 Å². The number of aromatic carboxylic acids is 1. The number of ether oxygens (including phenoxy) is 1. The largest absolute Gasteiger partial charge is 0.492 e. The number of piperidine rings is 1. The molecule has 2 aliphatic rings. The number of nitrogens with zero attached hydrogens (tertiary/aromatic N) is 3. The highest BCUT2D eigenvalue weighted by Crippen LogP contribution is 2.44. The minimum absolute atomic E-state index is 0.0218. The van der Waals surface area contributed by atoms with Crippen LogP contribution in [0.2, 0.25) is 0 Å². The van der Waals surface area contributed by atoms with Crippen LogP contribution < -0.4 is 15.1 Å². The van der Waals surface area contributed by atoms with E-state index >= 15 is 4.39 Å². The molecule has 0 atom stereocenters. The zero-order valence-corrected chi connectivity index (χ0v) is 16.3. The van der Waals surface area contributed by atoms with Crippen LogP contribution in [-0.2, 0) is 4.84 Å². The molecule has 1 aromatic heterocycles. The summed E-state index contributed by atoms with van der Waals surface area (Å²) in [6.07, 6.45) is 4.35. The van der Waals surface area contributed by atoms with Gasteiger partial charge in [0.1, 0.15) is 18.4 Å². The van der Waals surface area contributed by atoms with Crippen molar-refractivity contribution >= 4 is 28.3 Å². The predicted octanol–water partition coefficient (Wildman–Crippen LogP) is 2.78. The Kier molecular flexibility index (Phi) is 4.89. The summed E-state index contributed by atoms with van der Waals surface area (Å²) in [6, 6.07) is 1.21. The number of halogens is 1. The number of methoxy groups -OCH3 is 1.